The Kier molecular flexibility index (Phi) is 5.86. The molecule has 0 bridgehead atoms. The van der Waals surface area contributed by atoms with Gasteiger partial charge in [-0.25, -0.2) is 4.98 Å². The Hall–Kier alpha value is -1.02. The zero-order chi connectivity index (χ0) is 17.1. The average molecular weight is 352 g/mol. The smallest absolute Gasteiger partial charge is 0.273 e. The van der Waals surface area contributed by atoms with E-state index in [1.54, 1.807) is 0 Å². The molecular weight excluding hydrogens is 322 g/mol. The third-order valence-corrected chi connectivity index (χ3v) is 6.29. The van der Waals surface area contributed by atoms with Gasteiger partial charge >= 0.3 is 0 Å². The fourth-order valence-electron chi connectivity index (χ4n) is 3.79. The maximum absolute atomic E-state index is 12.5. The van der Waals surface area contributed by atoms with E-state index in [2.05, 4.69) is 28.6 Å². The lowest BCUT2D eigenvalue weighted by Crippen LogP contribution is -2.51. The highest BCUT2D eigenvalue weighted by atomic mass is 32.1. The van der Waals surface area contributed by atoms with Crippen molar-refractivity contribution in [2.24, 2.45) is 5.73 Å². The first-order chi connectivity index (χ1) is 11.6. The van der Waals surface area contributed by atoms with E-state index in [1.165, 1.54) is 24.2 Å². The molecule has 134 valence electrons. The van der Waals surface area contributed by atoms with Gasteiger partial charge in [-0.05, 0) is 26.7 Å². The second-order valence-electron chi connectivity index (χ2n) is 6.98. The molecule has 0 unspecified atom stereocenters. The van der Waals surface area contributed by atoms with Crippen molar-refractivity contribution in [3.05, 3.63) is 16.1 Å². The maximum Gasteiger partial charge on any atom is 0.273 e. The Morgan fingerprint density at radius 1 is 1.21 bits per heavy atom. The van der Waals surface area contributed by atoms with Gasteiger partial charge < -0.3 is 10.6 Å². The molecule has 1 aromatic rings. The minimum Gasteiger partial charge on any atom is -0.335 e. The SMILES string of the molecule is C[C@H]1CC[C@H](C)N1CCN1CCN(C(=O)c2csc(CN)n2)CC1. The Labute approximate surface area is 148 Å². The molecule has 3 heterocycles. The van der Waals surface area contributed by atoms with Crippen molar-refractivity contribution in [1.82, 2.24) is 19.7 Å². The fraction of sp³-hybridized carbons (Fsp3) is 0.765. The molecule has 2 fully saturated rings. The van der Waals surface area contributed by atoms with Gasteiger partial charge in [0.15, 0.2) is 0 Å². The van der Waals surface area contributed by atoms with Crippen molar-refractivity contribution in [3.63, 3.8) is 0 Å². The first kappa shape index (κ1) is 17.8. The van der Waals surface area contributed by atoms with E-state index in [0.29, 0.717) is 24.3 Å². The largest absolute Gasteiger partial charge is 0.335 e. The van der Waals surface area contributed by atoms with Crippen molar-refractivity contribution in [2.75, 3.05) is 39.3 Å². The predicted octanol–water partition coefficient (Wildman–Crippen LogP) is 1.23. The number of carbonyl (C=O) groups excluding carboxylic acids is 1. The molecule has 2 N–H and O–H groups in total. The number of hydrogen-bond acceptors (Lipinski definition) is 6. The van der Waals surface area contributed by atoms with Gasteiger partial charge in [0.1, 0.15) is 10.7 Å². The molecule has 7 heteroatoms. The van der Waals surface area contributed by atoms with Gasteiger partial charge in [-0.2, -0.15) is 0 Å². The first-order valence-electron chi connectivity index (χ1n) is 9.00. The van der Waals surface area contributed by atoms with Crippen LogP contribution in [-0.2, 0) is 6.54 Å². The topological polar surface area (TPSA) is 65.7 Å². The molecule has 24 heavy (non-hydrogen) atoms. The van der Waals surface area contributed by atoms with Crippen LogP contribution in [0.1, 0.15) is 42.2 Å². The van der Waals surface area contributed by atoms with Crippen LogP contribution in [0, 0.1) is 0 Å². The van der Waals surface area contributed by atoms with E-state index in [1.807, 2.05) is 10.3 Å². The van der Waals surface area contributed by atoms with Crippen LogP contribution in [0.4, 0.5) is 0 Å². The zero-order valence-electron chi connectivity index (χ0n) is 14.8. The molecule has 0 aliphatic carbocycles. The van der Waals surface area contributed by atoms with Crippen LogP contribution in [0.2, 0.25) is 0 Å². The lowest BCUT2D eigenvalue weighted by atomic mass is 10.2. The number of rotatable bonds is 5. The fourth-order valence-corrected chi connectivity index (χ4v) is 4.43. The highest BCUT2D eigenvalue weighted by molar-refractivity contribution is 7.09. The Morgan fingerprint density at radius 2 is 1.88 bits per heavy atom. The Morgan fingerprint density at radius 3 is 2.46 bits per heavy atom. The van der Waals surface area contributed by atoms with Crippen LogP contribution in [0.5, 0.6) is 0 Å². The van der Waals surface area contributed by atoms with Gasteiger partial charge in [-0.3, -0.25) is 14.6 Å². The summed E-state index contributed by atoms with van der Waals surface area (Å²) < 4.78 is 0. The normalized spacial score (nSPS) is 26.2. The van der Waals surface area contributed by atoms with E-state index in [4.69, 9.17) is 5.73 Å². The monoisotopic (exact) mass is 351 g/mol. The predicted molar refractivity (Wildman–Crippen MR) is 97.2 cm³/mol. The van der Waals surface area contributed by atoms with Crippen LogP contribution >= 0.6 is 11.3 Å². The summed E-state index contributed by atoms with van der Waals surface area (Å²) in [5.74, 6) is 0.0485. The summed E-state index contributed by atoms with van der Waals surface area (Å²) in [5.41, 5.74) is 6.13. The van der Waals surface area contributed by atoms with E-state index < -0.39 is 0 Å². The number of likely N-dealkylation sites (tertiary alicyclic amines) is 1. The van der Waals surface area contributed by atoms with E-state index in [0.717, 1.165) is 44.3 Å². The van der Waals surface area contributed by atoms with E-state index in [-0.39, 0.29) is 5.91 Å². The highest BCUT2D eigenvalue weighted by Crippen LogP contribution is 2.23. The summed E-state index contributed by atoms with van der Waals surface area (Å²) >= 11 is 1.47. The summed E-state index contributed by atoms with van der Waals surface area (Å²) in [6.07, 6.45) is 2.64. The number of carbonyl (C=O) groups is 1. The molecule has 2 atom stereocenters. The number of hydrogen-bond donors (Lipinski definition) is 1. The summed E-state index contributed by atoms with van der Waals surface area (Å²) in [7, 11) is 0. The zero-order valence-corrected chi connectivity index (χ0v) is 15.6. The van der Waals surface area contributed by atoms with Gasteiger partial charge in [0.05, 0.1) is 0 Å². The molecule has 2 aliphatic rings. The maximum atomic E-state index is 12.5. The van der Waals surface area contributed by atoms with E-state index in [9.17, 15) is 4.79 Å². The van der Waals surface area contributed by atoms with Gasteiger partial charge in [-0.1, -0.05) is 0 Å². The quantitative estimate of drug-likeness (QED) is 0.864. The molecule has 2 saturated heterocycles. The minimum absolute atomic E-state index is 0.0485. The molecule has 6 nitrogen and oxygen atoms in total. The summed E-state index contributed by atoms with van der Waals surface area (Å²) in [6, 6.07) is 1.42. The molecule has 3 rings (SSSR count). The molecule has 1 amide bonds. The third-order valence-electron chi connectivity index (χ3n) is 5.41. The van der Waals surface area contributed by atoms with Crippen LogP contribution in [0.3, 0.4) is 0 Å². The number of thiazole rings is 1. The molecule has 0 radical (unpaired) electrons. The molecular formula is C17H29N5OS. The molecule has 1 aromatic heterocycles. The summed E-state index contributed by atoms with van der Waals surface area (Å²) in [5, 5.41) is 2.65. The Bertz CT molecular complexity index is 545. The average Bonchev–Trinajstić information content (AvgIpc) is 3.20. The standard InChI is InChI=1S/C17H29N5OS/c1-13-3-4-14(2)22(13)10-7-20-5-8-21(9-6-20)17(23)15-12-24-16(11-18)19-15/h12-14H,3-11,18H2,1-2H3/t13-,14-/m0/s1. The number of nitrogens with two attached hydrogens (primary N) is 1. The van der Waals surface area contributed by atoms with Gasteiger partial charge in [0.25, 0.3) is 5.91 Å². The van der Waals surface area contributed by atoms with Gasteiger partial charge in [0.2, 0.25) is 0 Å². The van der Waals surface area contributed by atoms with Crippen LogP contribution in [0.25, 0.3) is 0 Å². The first-order valence-corrected chi connectivity index (χ1v) is 9.88. The minimum atomic E-state index is 0.0485. The summed E-state index contributed by atoms with van der Waals surface area (Å²) in [4.78, 5) is 23.8. The molecule has 2 aliphatic heterocycles. The van der Waals surface area contributed by atoms with Crippen LogP contribution < -0.4 is 5.73 Å². The molecule has 0 spiro atoms. The summed E-state index contributed by atoms with van der Waals surface area (Å²) in [6.45, 7) is 10.8. The van der Waals surface area contributed by atoms with Crippen molar-refractivity contribution in [2.45, 2.75) is 45.3 Å². The van der Waals surface area contributed by atoms with Crippen molar-refractivity contribution >= 4 is 17.2 Å². The number of piperazine rings is 1. The second-order valence-corrected chi connectivity index (χ2v) is 7.92. The molecule has 0 saturated carbocycles. The second kappa shape index (κ2) is 7.91. The lowest BCUT2D eigenvalue weighted by molar-refractivity contribution is 0.0609. The number of amides is 1. The highest BCUT2D eigenvalue weighted by Gasteiger charge is 2.28. The molecule has 0 aromatic carbocycles. The lowest BCUT2D eigenvalue weighted by Gasteiger charge is -2.36. The third kappa shape index (κ3) is 3.96. The van der Waals surface area contributed by atoms with Crippen molar-refractivity contribution < 1.29 is 4.79 Å². The van der Waals surface area contributed by atoms with Crippen molar-refractivity contribution in [1.29, 1.82) is 0 Å². The van der Waals surface area contributed by atoms with Gasteiger partial charge in [0, 0.05) is 63.3 Å². The van der Waals surface area contributed by atoms with Crippen LogP contribution in [0.15, 0.2) is 5.38 Å². The van der Waals surface area contributed by atoms with Gasteiger partial charge in [-0.15, -0.1) is 11.3 Å². The van der Waals surface area contributed by atoms with Crippen molar-refractivity contribution in [3.8, 4) is 0 Å². The Balaban J connectivity index is 1.44. The van der Waals surface area contributed by atoms with E-state index >= 15 is 0 Å². The number of aromatic nitrogens is 1. The number of nitrogens with zero attached hydrogens (tertiary/aromatic N) is 4. The van der Waals surface area contributed by atoms with Crippen LogP contribution in [-0.4, -0.2) is 76.9 Å².